The van der Waals surface area contributed by atoms with Gasteiger partial charge in [0.05, 0.1) is 5.25 Å². The zero-order valence-electron chi connectivity index (χ0n) is 12.5. The second kappa shape index (κ2) is 6.22. The summed E-state index contributed by atoms with van der Waals surface area (Å²) in [7, 11) is 4.02. The molecular formula is C15H21N5S. The van der Waals surface area contributed by atoms with Crippen LogP contribution in [0.5, 0.6) is 0 Å². The lowest BCUT2D eigenvalue weighted by molar-refractivity contribution is 0.920. The van der Waals surface area contributed by atoms with Crippen LogP contribution in [0.4, 0.5) is 17.3 Å². The predicted octanol–water partition coefficient (Wildman–Crippen LogP) is 2.29. The van der Waals surface area contributed by atoms with Gasteiger partial charge in [0, 0.05) is 31.8 Å². The van der Waals surface area contributed by atoms with E-state index in [0.29, 0.717) is 23.9 Å². The summed E-state index contributed by atoms with van der Waals surface area (Å²) in [5.74, 6) is 1.41. The molecule has 0 aliphatic heterocycles. The van der Waals surface area contributed by atoms with Crippen molar-refractivity contribution >= 4 is 30.0 Å². The molecule has 0 amide bonds. The second-order valence-electron chi connectivity index (χ2n) is 5.24. The lowest BCUT2D eigenvalue weighted by Gasteiger charge is -2.14. The number of nitrogens with zero attached hydrogens (tertiary/aromatic N) is 3. The van der Waals surface area contributed by atoms with Crippen molar-refractivity contribution in [3.8, 4) is 0 Å². The van der Waals surface area contributed by atoms with E-state index in [1.807, 2.05) is 21.0 Å². The van der Waals surface area contributed by atoms with Crippen LogP contribution in [0.25, 0.3) is 0 Å². The van der Waals surface area contributed by atoms with Crippen molar-refractivity contribution in [3.05, 3.63) is 41.2 Å². The molecule has 2 rings (SSSR count). The van der Waals surface area contributed by atoms with Crippen molar-refractivity contribution in [2.75, 3.05) is 30.5 Å². The van der Waals surface area contributed by atoms with E-state index in [1.165, 1.54) is 0 Å². The molecule has 112 valence electrons. The molecule has 0 aliphatic carbocycles. The molecule has 6 heteroatoms. The molecule has 4 N–H and O–H groups in total. The topological polar surface area (TPSA) is 81.1 Å². The van der Waals surface area contributed by atoms with Crippen LogP contribution in [0.3, 0.4) is 0 Å². The predicted molar refractivity (Wildman–Crippen MR) is 91.8 cm³/mol. The minimum Gasteiger partial charge on any atom is -0.383 e. The van der Waals surface area contributed by atoms with Gasteiger partial charge >= 0.3 is 0 Å². The number of nitrogens with two attached hydrogens (primary N) is 2. The van der Waals surface area contributed by atoms with Crippen LogP contribution in [0.2, 0.25) is 0 Å². The lowest BCUT2D eigenvalue weighted by atomic mass is 10.1. The van der Waals surface area contributed by atoms with E-state index in [9.17, 15) is 0 Å². The highest BCUT2D eigenvalue weighted by atomic mass is 32.1. The zero-order valence-corrected chi connectivity index (χ0v) is 13.4. The summed E-state index contributed by atoms with van der Waals surface area (Å²) >= 11 is 4.31. The first-order valence-electron chi connectivity index (χ1n) is 6.74. The zero-order chi connectivity index (χ0) is 15.6. The number of nitrogen functional groups attached to an aromatic ring is 2. The van der Waals surface area contributed by atoms with E-state index >= 15 is 0 Å². The number of anilines is 3. The highest BCUT2D eigenvalue weighted by Gasteiger charge is 2.13. The van der Waals surface area contributed by atoms with Gasteiger partial charge in [-0.05, 0) is 24.6 Å². The van der Waals surface area contributed by atoms with E-state index in [2.05, 4.69) is 51.8 Å². The molecule has 2 aromatic rings. The van der Waals surface area contributed by atoms with Gasteiger partial charge in [0.1, 0.15) is 17.5 Å². The molecule has 1 heterocycles. The second-order valence-corrected chi connectivity index (χ2v) is 6.02. The maximum Gasteiger partial charge on any atom is 0.145 e. The quantitative estimate of drug-likeness (QED) is 0.755. The van der Waals surface area contributed by atoms with Crippen LogP contribution in [0.1, 0.15) is 29.1 Å². The summed E-state index contributed by atoms with van der Waals surface area (Å²) in [4.78, 5) is 10.6. The van der Waals surface area contributed by atoms with Crippen molar-refractivity contribution in [2.24, 2.45) is 0 Å². The number of rotatable bonds is 4. The summed E-state index contributed by atoms with van der Waals surface area (Å²) in [5.41, 5.74) is 15.1. The molecule has 1 unspecified atom stereocenters. The number of benzene rings is 1. The summed E-state index contributed by atoms with van der Waals surface area (Å²) in [6, 6.07) is 8.24. The fraction of sp³-hybridized carbons (Fsp3) is 0.333. The summed E-state index contributed by atoms with van der Waals surface area (Å²) in [5, 5.41) is -0.0944. The van der Waals surface area contributed by atoms with Gasteiger partial charge in [0.15, 0.2) is 0 Å². The molecule has 1 atom stereocenters. The van der Waals surface area contributed by atoms with E-state index in [-0.39, 0.29) is 5.25 Å². The van der Waals surface area contributed by atoms with E-state index in [4.69, 9.17) is 11.5 Å². The Balaban J connectivity index is 2.27. The summed E-state index contributed by atoms with van der Waals surface area (Å²) in [6.07, 6.45) is 0.618. The molecule has 1 aromatic heterocycles. The molecule has 5 nitrogen and oxygen atoms in total. The molecule has 0 saturated carbocycles. The van der Waals surface area contributed by atoms with Gasteiger partial charge < -0.3 is 16.4 Å². The van der Waals surface area contributed by atoms with Gasteiger partial charge in [-0.25, -0.2) is 9.97 Å². The van der Waals surface area contributed by atoms with Crippen molar-refractivity contribution in [3.63, 3.8) is 0 Å². The number of hydrogen-bond donors (Lipinski definition) is 3. The lowest BCUT2D eigenvalue weighted by Crippen LogP contribution is -2.10. The average Bonchev–Trinajstić information content (AvgIpc) is 2.43. The smallest absolute Gasteiger partial charge is 0.145 e. The third-order valence-electron chi connectivity index (χ3n) is 3.30. The first kappa shape index (κ1) is 15.4. The molecule has 0 spiro atoms. The Bertz CT molecular complexity index is 599. The van der Waals surface area contributed by atoms with Crippen LogP contribution >= 0.6 is 12.6 Å². The molecular weight excluding hydrogens is 282 g/mol. The van der Waals surface area contributed by atoms with Gasteiger partial charge in [-0.2, -0.15) is 12.6 Å². The summed E-state index contributed by atoms with van der Waals surface area (Å²) < 4.78 is 0. The third-order valence-corrected chi connectivity index (χ3v) is 3.53. The first-order valence-corrected chi connectivity index (χ1v) is 7.26. The Morgan fingerprint density at radius 1 is 1.10 bits per heavy atom. The number of aromatic nitrogens is 2. The molecule has 0 fully saturated rings. The molecule has 0 radical (unpaired) electrons. The van der Waals surface area contributed by atoms with Crippen molar-refractivity contribution < 1.29 is 0 Å². The standard InChI is InChI=1S/C15H21N5S/c1-9(21)15-18-13(16)12(14(17)19-15)8-10-4-6-11(7-5-10)20(2)3/h4-7,9,21H,8H2,1-3H3,(H4,16,17,18,19). The monoisotopic (exact) mass is 303 g/mol. The van der Waals surface area contributed by atoms with E-state index in [0.717, 1.165) is 16.8 Å². The largest absolute Gasteiger partial charge is 0.383 e. The van der Waals surface area contributed by atoms with Crippen LogP contribution in [-0.4, -0.2) is 24.1 Å². The SMILES string of the molecule is CC(S)c1nc(N)c(Cc2ccc(N(C)C)cc2)c(N)n1. The Morgan fingerprint density at radius 2 is 1.62 bits per heavy atom. The van der Waals surface area contributed by atoms with Crippen molar-refractivity contribution in [1.82, 2.24) is 9.97 Å². The van der Waals surface area contributed by atoms with Crippen LogP contribution < -0.4 is 16.4 Å². The van der Waals surface area contributed by atoms with Gasteiger partial charge in [-0.3, -0.25) is 0 Å². The number of thiol groups is 1. The average molecular weight is 303 g/mol. The third kappa shape index (κ3) is 3.58. The first-order chi connectivity index (χ1) is 9.88. The van der Waals surface area contributed by atoms with Gasteiger partial charge in [-0.1, -0.05) is 12.1 Å². The normalized spacial score (nSPS) is 12.2. The molecule has 0 bridgehead atoms. The van der Waals surface area contributed by atoms with Crippen molar-refractivity contribution in [1.29, 1.82) is 0 Å². The van der Waals surface area contributed by atoms with Gasteiger partial charge in [0.2, 0.25) is 0 Å². The van der Waals surface area contributed by atoms with Crippen molar-refractivity contribution in [2.45, 2.75) is 18.6 Å². The Hall–Kier alpha value is -1.95. The Morgan fingerprint density at radius 3 is 2.05 bits per heavy atom. The molecule has 0 aliphatic rings. The highest BCUT2D eigenvalue weighted by Crippen LogP contribution is 2.24. The molecule has 1 aromatic carbocycles. The Labute approximate surface area is 130 Å². The van der Waals surface area contributed by atoms with Gasteiger partial charge in [0.25, 0.3) is 0 Å². The molecule has 21 heavy (non-hydrogen) atoms. The number of hydrogen-bond acceptors (Lipinski definition) is 6. The minimum absolute atomic E-state index is 0.0944. The molecule has 0 saturated heterocycles. The Kier molecular flexibility index (Phi) is 4.57. The van der Waals surface area contributed by atoms with Crippen LogP contribution in [-0.2, 0) is 6.42 Å². The fourth-order valence-electron chi connectivity index (χ4n) is 2.02. The van der Waals surface area contributed by atoms with E-state index < -0.39 is 0 Å². The van der Waals surface area contributed by atoms with Gasteiger partial charge in [-0.15, -0.1) is 0 Å². The van der Waals surface area contributed by atoms with Crippen LogP contribution in [0.15, 0.2) is 24.3 Å². The highest BCUT2D eigenvalue weighted by molar-refractivity contribution is 7.80. The van der Waals surface area contributed by atoms with E-state index in [1.54, 1.807) is 0 Å². The maximum atomic E-state index is 6.01. The minimum atomic E-state index is -0.0944. The maximum absolute atomic E-state index is 6.01. The fourth-order valence-corrected chi connectivity index (χ4v) is 2.14. The van der Waals surface area contributed by atoms with Crippen LogP contribution in [0, 0.1) is 0 Å². The summed E-state index contributed by atoms with van der Waals surface area (Å²) in [6.45, 7) is 1.89.